The van der Waals surface area contributed by atoms with Crippen LogP contribution in [-0.2, 0) is 33.3 Å². The van der Waals surface area contributed by atoms with Crippen molar-refractivity contribution in [2.24, 2.45) is 28.6 Å². The molecule has 0 amide bonds. The van der Waals surface area contributed by atoms with Gasteiger partial charge in [-0.3, -0.25) is 4.79 Å². The topological polar surface area (TPSA) is 222 Å². The smallest absolute Gasteiger partial charge is 0.187 e. The van der Waals surface area contributed by atoms with Gasteiger partial charge in [-0.2, -0.15) is 0 Å². The molecule has 288 valence electrons. The van der Waals surface area contributed by atoms with Crippen LogP contribution in [0.15, 0.2) is 11.6 Å². The van der Waals surface area contributed by atoms with Gasteiger partial charge in [-0.05, 0) is 88.5 Å². The minimum atomic E-state index is -1.65. The second kappa shape index (κ2) is 13.7. The quantitative estimate of drug-likeness (QED) is 0.130. The number of ketones is 1. The van der Waals surface area contributed by atoms with E-state index in [2.05, 4.69) is 6.92 Å². The molecule has 14 nitrogen and oxygen atoms in total. The van der Waals surface area contributed by atoms with E-state index in [0.29, 0.717) is 51.4 Å². The van der Waals surface area contributed by atoms with Gasteiger partial charge in [-0.15, -0.1) is 0 Å². The molecule has 18 atom stereocenters. The second-order valence-electron chi connectivity index (χ2n) is 16.8. The molecule has 0 aromatic carbocycles. The summed E-state index contributed by atoms with van der Waals surface area (Å²) in [4.78, 5) is 25.4. The molecule has 2 heterocycles. The van der Waals surface area contributed by atoms with Crippen LogP contribution in [0.1, 0.15) is 84.5 Å². The van der Waals surface area contributed by atoms with Crippen LogP contribution in [0.5, 0.6) is 0 Å². The number of hydrogen-bond acceptors (Lipinski definition) is 14. The Bertz CT molecular complexity index is 1360. The molecule has 0 bridgehead atoms. The zero-order chi connectivity index (χ0) is 36.7. The van der Waals surface area contributed by atoms with E-state index in [1.54, 1.807) is 13.0 Å². The van der Waals surface area contributed by atoms with Gasteiger partial charge in [0, 0.05) is 25.4 Å². The van der Waals surface area contributed by atoms with Crippen LogP contribution in [0.3, 0.4) is 0 Å². The molecule has 0 spiro atoms. The summed E-state index contributed by atoms with van der Waals surface area (Å²) < 4.78 is 29.5. The standard InChI is InChI=1S/C37H56O14/c1-18-30(51-32-28(43)27(42)26(41)25(16-38)50-32)31(47-3)29(44)33(48-18)49-21-6-11-35(17-39)23-7-10-34(2)22(19-4-5-20(40)14-19)9-13-37(34,46)24(23)8-12-36(35,45)15-21/h14,17-18,21-33,38,41-46H,4-13,15-16H2,1-3H3/t18-,21+,22-,23+,24-,25-,26-,27+,28-,29-,30+,31-,32+,33+,34-,35+,36+,37+/m1/s1. The van der Waals surface area contributed by atoms with Crippen LogP contribution in [0, 0.1) is 28.6 Å². The third kappa shape index (κ3) is 5.74. The maximum atomic E-state index is 13.2. The number of methoxy groups -OCH3 is 1. The van der Waals surface area contributed by atoms with E-state index < -0.39 is 96.2 Å². The van der Waals surface area contributed by atoms with Gasteiger partial charge in [-0.25, -0.2) is 0 Å². The molecule has 51 heavy (non-hydrogen) atoms. The largest absolute Gasteiger partial charge is 0.394 e. The monoisotopic (exact) mass is 724 g/mol. The minimum Gasteiger partial charge on any atom is -0.394 e. The van der Waals surface area contributed by atoms with Crippen molar-refractivity contribution in [3.05, 3.63) is 11.6 Å². The van der Waals surface area contributed by atoms with Crippen molar-refractivity contribution in [1.82, 2.24) is 0 Å². The lowest BCUT2D eigenvalue weighted by atomic mass is 9.41. The molecule has 5 aliphatic carbocycles. The first-order valence-corrected chi connectivity index (χ1v) is 18.8. The molecule has 2 saturated heterocycles. The molecule has 7 N–H and O–H groups in total. The van der Waals surface area contributed by atoms with Crippen molar-refractivity contribution < 1.29 is 69.0 Å². The SMILES string of the molecule is CO[C@@H]1[C@@H](O)[C@H](O[C@H]2CC[C@]3(C=O)[C@H]4CC[C@]5(C)[C@@H](C6=CC(=O)CC6)CC[C@]5(O)[C@@H]4CC[C@]3(O)C2)O[C@H](C)[C@@H]1O[C@@H]1O[C@H](CO)[C@@H](O)[C@H](O)[C@H]1O. The number of fused-ring (bicyclic) bond motifs is 5. The third-order valence-corrected chi connectivity index (χ3v) is 14.6. The van der Waals surface area contributed by atoms with Crippen LogP contribution in [0.25, 0.3) is 0 Å². The van der Waals surface area contributed by atoms with Crippen molar-refractivity contribution in [2.45, 2.75) is 163 Å². The van der Waals surface area contributed by atoms with Crippen molar-refractivity contribution in [2.75, 3.05) is 13.7 Å². The van der Waals surface area contributed by atoms with Gasteiger partial charge < -0.3 is 64.2 Å². The van der Waals surface area contributed by atoms with Gasteiger partial charge in [0.2, 0.25) is 0 Å². The molecular weight excluding hydrogens is 668 g/mol. The average Bonchev–Trinajstić information content (AvgIpc) is 3.65. The van der Waals surface area contributed by atoms with Crippen molar-refractivity contribution in [3.8, 4) is 0 Å². The summed E-state index contributed by atoms with van der Waals surface area (Å²) in [5.41, 5.74) is -2.71. The second-order valence-corrected chi connectivity index (χ2v) is 16.8. The first kappa shape index (κ1) is 37.9. The highest BCUT2D eigenvalue weighted by Gasteiger charge is 2.71. The van der Waals surface area contributed by atoms with Gasteiger partial charge in [0.25, 0.3) is 0 Å². The summed E-state index contributed by atoms with van der Waals surface area (Å²) in [5.74, 6) is -0.0804. The van der Waals surface area contributed by atoms with Crippen LogP contribution >= 0.6 is 0 Å². The number of hydrogen-bond donors (Lipinski definition) is 7. The molecule has 4 saturated carbocycles. The van der Waals surface area contributed by atoms with Gasteiger partial charge >= 0.3 is 0 Å². The minimum absolute atomic E-state index is 0.134. The number of allylic oxidation sites excluding steroid dienone is 2. The number of carbonyl (C=O) groups excluding carboxylic acids is 2. The summed E-state index contributed by atoms with van der Waals surface area (Å²) >= 11 is 0. The number of ether oxygens (including phenoxy) is 5. The number of carbonyl (C=O) groups is 2. The van der Waals surface area contributed by atoms with Crippen LogP contribution in [0.2, 0.25) is 0 Å². The van der Waals surface area contributed by atoms with Gasteiger partial charge in [0.1, 0.15) is 49.0 Å². The Labute approximate surface area is 298 Å². The molecule has 0 unspecified atom stereocenters. The van der Waals surface area contributed by atoms with E-state index in [4.69, 9.17) is 23.7 Å². The maximum absolute atomic E-state index is 13.2. The molecule has 0 aromatic heterocycles. The summed E-state index contributed by atoms with van der Waals surface area (Å²) in [5, 5.41) is 76.8. The summed E-state index contributed by atoms with van der Waals surface area (Å²) in [6, 6.07) is 0. The van der Waals surface area contributed by atoms with Crippen LogP contribution < -0.4 is 0 Å². The molecule has 7 rings (SSSR count). The molecule has 6 fully saturated rings. The first-order chi connectivity index (χ1) is 24.2. The van der Waals surface area contributed by atoms with E-state index in [9.17, 15) is 45.3 Å². The fourth-order valence-corrected chi connectivity index (χ4v) is 11.8. The maximum Gasteiger partial charge on any atom is 0.187 e. The Kier molecular flexibility index (Phi) is 10.2. The Hall–Kier alpha value is -1.40. The lowest BCUT2D eigenvalue weighted by molar-refractivity contribution is -0.363. The summed E-state index contributed by atoms with van der Waals surface area (Å²) in [6.45, 7) is 3.19. The lowest BCUT2D eigenvalue weighted by Gasteiger charge is -2.65. The molecule has 0 aromatic rings. The lowest BCUT2D eigenvalue weighted by Crippen LogP contribution is -2.69. The molecular formula is C37H56O14. The Morgan fingerprint density at radius 3 is 2.25 bits per heavy atom. The molecule has 14 heteroatoms. The molecule has 2 aliphatic heterocycles. The Balaban J connectivity index is 1.03. The van der Waals surface area contributed by atoms with Gasteiger partial charge in [0.05, 0.1) is 35.4 Å². The van der Waals surface area contributed by atoms with E-state index in [1.807, 2.05) is 0 Å². The number of aliphatic hydroxyl groups is 7. The fraction of sp³-hybridized carbons (Fsp3) is 0.892. The van der Waals surface area contributed by atoms with Gasteiger partial charge in [-0.1, -0.05) is 12.5 Å². The van der Waals surface area contributed by atoms with E-state index in [-0.39, 0.29) is 30.0 Å². The number of aldehydes is 1. The van der Waals surface area contributed by atoms with Crippen LogP contribution in [0.4, 0.5) is 0 Å². The summed E-state index contributed by atoms with van der Waals surface area (Å²) in [7, 11) is 1.37. The Morgan fingerprint density at radius 1 is 0.863 bits per heavy atom. The first-order valence-electron chi connectivity index (χ1n) is 18.8. The molecule has 7 aliphatic rings. The summed E-state index contributed by atoms with van der Waals surface area (Å²) in [6.07, 6.45) is -4.85. The highest BCUT2D eigenvalue weighted by Crippen LogP contribution is 2.70. The van der Waals surface area contributed by atoms with E-state index in [1.165, 1.54) is 7.11 Å². The zero-order valence-corrected chi connectivity index (χ0v) is 29.7. The molecule has 0 radical (unpaired) electrons. The third-order valence-electron chi connectivity index (χ3n) is 14.6. The average molecular weight is 725 g/mol. The highest BCUT2D eigenvalue weighted by molar-refractivity contribution is 5.93. The predicted molar refractivity (Wildman–Crippen MR) is 176 cm³/mol. The predicted octanol–water partition coefficient (Wildman–Crippen LogP) is 0.0344. The number of aliphatic hydroxyl groups excluding tert-OH is 5. The fourth-order valence-electron chi connectivity index (χ4n) is 11.8. The van der Waals surface area contributed by atoms with Crippen molar-refractivity contribution in [1.29, 1.82) is 0 Å². The van der Waals surface area contributed by atoms with E-state index >= 15 is 0 Å². The number of rotatable bonds is 8. The van der Waals surface area contributed by atoms with E-state index in [0.717, 1.165) is 24.7 Å². The Morgan fingerprint density at radius 2 is 1.59 bits per heavy atom. The zero-order valence-electron chi connectivity index (χ0n) is 29.7. The van der Waals surface area contributed by atoms with Gasteiger partial charge in [0.15, 0.2) is 18.4 Å². The van der Waals surface area contributed by atoms with Crippen molar-refractivity contribution >= 4 is 12.1 Å². The highest BCUT2D eigenvalue weighted by atomic mass is 16.7. The van der Waals surface area contributed by atoms with Crippen LogP contribution in [-0.4, -0.2) is 140 Å². The van der Waals surface area contributed by atoms with Crippen molar-refractivity contribution in [3.63, 3.8) is 0 Å². The normalized spacial score (nSPS) is 54.3.